The van der Waals surface area contributed by atoms with Crippen molar-refractivity contribution < 1.29 is 5.11 Å². The first-order valence-corrected chi connectivity index (χ1v) is 5.31. The highest BCUT2D eigenvalue weighted by Gasteiger charge is 2.20. The Morgan fingerprint density at radius 1 is 1.64 bits per heavy atom. The molecule has 0 bridgehead atoms. The third kappa shape index (κ3) is 2.73. The second-order valence-corrected chi connectivity index (χ2v) is 4.32. The molecule has 1 heterocycles. The van der Waals surface area contributed by atoms with E-state index in [4.69, 9.17) is 18.0 Å². The molecule has 0 aliphatic heterocycles. The smallest absolute Gasteiger partial charge is 0.106 e. The first-order chi connectivity index (χ1) is 6.52. The molecular formula is C9H11BrN2OS. The molecule has 0 aliphatic rings. The molecule has 0 saturated carbocycles. The van der Waals surface area contributed by atoms with Crippen LogP contribution >= 0.6 is 28.1 Å². The number of halogens is 1. The zero-order valence-electron chi connectivity index (χ0n) is 7.64. The van der Waals surface area contributed by atoms with Crippen LogP contribution < -0.4 is 5.73 Å². The number of aliphatic hydroxyl groups excluding tert-OH is 1. The van der Waals surface area contributed by atoms with Crippen molar-refractivity contribution in [1.29, 1.82) is 0 Å². The van der Waals surface area contributed by atoms with E-state index < -0.39 is 6.10 Å². The summed E-state index contributed by atoms with van der Waals surface area (Å²) in [5.41, 5.74) is 6.37. The monoisotopic (exact) mass is 274 g/mol. The molecule has 3 nitrogen and oxygen atoms in total. The maximum atomic E-state index is 9.50. The van der Waals surface area contributed by atoms with Crippen LogP contribution in [0.3, 0.4) is 0 Å². The van der Waals surface area contributed by atoms with Gasteiger partial charge in [0, 0.05) is 6.20 Å². The molecule has 0 aliphatic carbocycles. The highest BCUT2D eigenvalue weighted by molar-refractivity contribution is 9.10. The van der Waals surface area contributed by atoms with Crippen molar-refractivity contribution in [3.63, 3.8) is 0 Å². The number of pyridine rings is 1. The highest BCUT2D eigenvalue weighted by Crippen LogP contribution is 2.20. The molecule has 0 radical (unpaired) electrons. The van der Waals surface area contributed by atoms with Gasteiger partial charge in [0.25, 0.3) is 0 Å². The molecule has 2 atom stereocenters. The number of aromatic nitrogens is 1. The quantitative estimate of drug-likeness (QED) is 0.649. The minimum atomic E-state index is -0.601. The van der Waals surface area contributed by atoms with Crippen molar-refractivity contribution >= 4 is 33.1 Å². The summed E-state index contributed by atoms with van der Waals surface area (Å²) in [4.78, 5) is 4.34. The van der Waals surface area contributed by atoms with Crippen molar-refractivity contribution in [2.75, 3.05) is 0 Å². The molecule has 2 unspecified atom stereocenters. The summed E-state index contributed by atoms with van der Waals surface area (Å²) >= 11 is 8.12. The van der Waals surface area contributed by atoms with Crippen LogP contribution in [-0.4, -0.2) is 21.2 Å². The lowest BCUT2D eigenvalue weighted by Crippen LogP contribution is -2.28. The second kappa shape index (κ2) is 4.82. The molecule has 14 heavy (non-hydrogen) atoms. The highest BCUT2D eigenvalue weighted by atomic mass is 79.9. The van der Waals surface area contributed by atoms with Gasteiger partial charge in [0.05, 0.1) is 17.0 Å². The Kier molecular flexibility index (Phi) is 3.97. The van der Waals surface area contributed by atoms with Crippen molar-refractivity contribution in [2.45, 2.75) is 18.9 Å². The molecule has 1 rings (SSSR count). The molecule has 5 heteroatoms. The lowest BCUT2D eigenvalue weighted by Gasteiger charge is -2.18. The van der Waals surface area contributed by atoms with Crippen molar-refractivity contribution in [2.24, 2.45) is 5.73 Å². The first-order valence-electron chi connectivity index (χ1n) is 4.11. The predicted molar refractivity (Wildman–Crippen MR) is 63.1 cm³/mol. The zero-order valence-corrected chi connectivity index (χ0v) is 10.0. The van der Waals surface area contributed by atoms with Gasteiger partial charge in [-0.25, -0.2) is 4.98 Å². The average molecular weight is 275 g/mol. The van der Waals surface area contributed by atoms with E-state index in [1.165, 1.54) is 0 Å². The van der Waals surface area contributed by atoms with Crippen molar-refractivity contribution in [1.82, 2.24) is 4.98 Å². The molecular weight excluding hydrogens is 264 g/mol. The van der Waals surface area contributed by atoms with Crippen LogP contribution in [0.4, 0.5) is 0 Å². The zero-order chi connectivity index (χ0) is 10.7. The SMILES string of the molecule is CC(O)C(C(N)=S)c1ccc(Br)nc1. The van der Waals surface area contributed by atoms with E-state index in [9.17, 15) is 5.11 Å². The van der Waals surface area contributed by atoms with Gasteiger partial charge in [0.2, 0.25) is 0 Å². The van der Waals surface area contributed by atoms with Gasteiger partial charge in [-0.05, 0) is 34.5 Å². The number of aliphatic hydroxyl groups is 1. The summed E-state index contributed by atoms with van der Waals surface area (Å²) in [6.07, 6.45) is 1.05. The summed E-state index contributed by atoms with van der Waals surface area (Å²) in [6.45, 7) is 1.66. The Morgan fingerprint density at radius 3 is 2.64 bits per heavy atom. The van der Waals surface area contributed by atoms with E-state index in [0.29, 0.717) is 0 Å². The normalized spacial score (nSPS) is 14.8. The Bertz CT molecular complexity index is 326. The lowest BCUT2D eigenvalue weighted by molar-refractivity contribution is 0.185. The van der Waals surface area contributed by atoms with Crippen molar-refractivity contribution in [3.8, 4) is 0 Å². The summed E-state index contributed by atoms with van der Waals surface area (Å²) < 4.78 is 0.744. The summed E-state index contributed by atoms with van der Waals surface area (Å²) in [7, 11) is 0. The van der Waals surface area contributed by atoms with Crippen LogP contribution in [0.5, 0.6) is 0 Å². The van der Waals surface area contributed by atoms with E-state index in [0.717, 1.165) is 10.2 Å². The summed E-state index contributed by atoms with van der Waals surface area (Å²) in [5, 5.41) is 9.50. The Balaban J connectivity index is 3.00. The van der Waals surface area contributed by atoms with Crippen LogP contribution in [-0.2, 0) is 0 Å². The van der Waals surface area contributed by atoms with Gasteiger partial charge in [0.1, 0.15) is 4.60 Å². The Labute approximate surface area is 96.5 Å². The van der Waals surface area contributed by atoms with Gasteiger partial charge in [-0.1, -0.05) is 18.3 Å². The third-order valence-electron chi connectivity index (χ3n) is 1.90. The number of nitrogens with zero attached hydrogens (tertiary/aromatic N) is 1. The molecule has 1 aromatic rings. The first kappa shape index (κ1) is 11.6. The molecule has 76 valence electrons. The largest absolute Gasteiger partial charge is 0.393 e. The van der Waals surface area contributed by atoms with E-state index in [1.807, 2.05) is 6.07 Å². The standard InChI is InChI=1S/C9H11BrN2OS/c1-5(13)8(9(11)14)6-2-3-7(10)12-4-6/h2-5,8,13H,1H3,(H2,11,14). The lowest BCUT2D eigenvalue weighted by atomic mass is 9.96. The summed E-state index contributed by atoms with van der Waals surface area (Å²) in [5.74, 6) is -0.328. The maximum absolute atomic E-state index is 9.50. The Hall–Kier alpha value is -0.520. The number of rotatable bonds is 3. The molecule has 0 spiro atoms. The number of nitrogens with two attached hydrogens (primary N) is 1. The van der Waals surface area contributed by atoms with E-state index in [1.54, 1.807) is 19.2 Å². The molecule has 0 amide bonds. The van der Waals surface area contributed by atoms with Gasteiger partial charge < -0.3 is 10.8 Å². The number of hydrogen-bond donors (Lipinski definition) is 2. The molecule has 0 saturated heterocycles. The van der Waals surface area contributed by atoms with Gasteiger partial charge in [-0.3, -0.25) is 0 Å². The van der Waals surface area contributed by atoms with Crippen LogP contribution in [0.15, 0.2) is 22.9 Å². The minimum absolute atomic E-state index is 0.282. The van der Waals surface area contributed by atoms with Crippen molar-refractivity contribution in [3.05, 3.63) is 28.5 Å². The van der Waals surface area contributed by atoms with Gasteiger partial charge in [-0.2, -0.15) is 0 Å². The fourth-order valence-corrected chi connectivity index (χ4v) is 1.82. The molecule has 0 fully saturated rings. The van der Waals surface area contributed by atoms with Gasteiger partial charge >= 0.3 is 0 Å². The average Bonchev–Trinajstić information content (AvgIpc) is 2.07. The Morgan fingerprint density at radius 2 is 2.29 bits per heavy atom. The number of thiocarbonyl (C=S) groups is 1. The molecule has 0 aromatic carbocycles. The second-order valence-electron chi connectivity index (χ2n) is 3.03. The minimum Gasteiger partial charge on any atom is -0.393 e. The topological polar surface area (TPSA) is 59.1 Å². The van der Waals surface area contributed by atoms with E-state index >= 15 is 0 Å². The molecule has 1 aromatic heterocycles. The van der Waals surface area contributed by atoms with E-state index in [2.05, 4.69) is 20.9 Å². The van der Waals surface area contributed by atoms with Crippen LogP contribution in [0, 0.1) is 0 Å². The van der Waals surface area contributed by atoms with E-state index in [-0.39, 0.29) is 10.9 Å². The molecule has 3 N–H and O–H groups in total. The fourth-order valence-electron chi connectivity index (χ4n) is 1.25. The van der Waals surface area contributed by atoms with Crippen LogP contribution in [0.1, 0.15) is 18.4 Å². The number of hydrogen-bond acceptors (Lipinski definition) is 3. The van der Waals surface area contributed by atoms with Crippen LogP contribution in [0.25, 0.3) is 0 Å². The maximum Gasteiger partial charge on any atom is 0.106 e. The van der Waals surface area contributed by atoms with Crippen LogP contribution in [0.2, 0.25) is 0 Å². The van der Waals surface area contributed by atoms with Gasteiger partial charge in [-0.15, -0.1) is 0 Å². The third-order valence-corrected chi connectivity index (χ3v) is 2.62. The predicted octanol–water partition coefficient (Wildman–Crippen LogP) is 1.59. The fraction of sp³-hybridized carbons (Fsp3) is 0.333. The summed E-state index contributed by atoms with van der Waals surface area (Å²) in [6, 6.07) is 3.64. The van der Waals surface area contributed by atoms with Gasteiger partial charge in [0.15, 0.2) is 0 Å².